The predicted octanol–water partition coefficient (Wildman–Crippen LogP) is 4.69. The summed E-state index contributed by atoms with van der Waals surface area (Å²) in [7, 11) is 0. The SMILES string of the molecule is Cc1ccc(NC(=O)C(c2ccccc2)N2CCN(C(=O)c3cccc(Cl)c3)CC2)c([N+](=O)[O-])c1. The minimum atomic E-state index is -0.666. The molecule has 9 heteroatoms. The van der Waals surface area contributed by atoms with Gasteiger partial charge in [0.2, 0.25) is 5.91 Å². The number of nitrogens with zero attached hydrogens (tertiary/aromatic N) is 3. The summed E-state index contributed by atoms with van der Waals surface area (Å²) in [6.45, 7) is 3.57. The van der Waals surface area contributed by atoms with E-state index in [4.69, 9.17) is 11.6 Å². The Balaban J connectivity index is 1.53. The first kappa shape index (κ1) is 24.4. The maximum absolute atomic E-state index is 13.5. The molecule has 1 saturated heterocycles. The highest BCUT2D eigenvalue weighted by Gasteiger charge is 2.33. The van der Waals surface area contributed by atoms with Crippen LogP contribution in [0.15, 0.2) is 72.8 Å². The molecule has 0 aromatic heterocycles. The normalized spacial score (nSPS) is 14.9. The highest BCUT2D eigenvalue weighted by atomic mass is 35.5. The first-order chi connectivity index (χ1) is 16.8. The molecule has 0 spiro atoms. The van der Waals surface area contributed by atoms with Gasteiger partial charge in [-0.15, -0.1) is 0 Å². The molecular weight excluding hydrogens is 468 g/mol. The van der Waals surface area contributed by atoms with Gasteiger partial charge in [0.15, 0.2) is 0 Å². The van der Waals surface area contributed by atoms with E-state index in [1.54, 1.807) is 48.2 Å². The molecule has 0 aliphatic carbocycles. The lowest BCUT2D eigenvalue weighted by Gasteiger charge is -2.38. The van der Waals surface area contributed by atoms with E-state index < -0.39 is 11.0 Å². The van der Waals surface area contributed by atoms with Gasteiger partial charge in [0, 0.05) is 42.8 Å². The van der Waals surface area contributed by atoms with Gasteiger partial charge in [-0.2, -0.15) is 0 Å². The molecule has 3 aromatic carbocycles. The smallest absolute Gasteiger partial charge is 0.293 e. The lowest BCUT2D eigenvalue weighted by atomic mass is 10.0. The third kappa shape index (κ3) is 5.67. The second-order valence-corrected chi connectivity index (χ2v) is 8.86. The Bertz CT molecular complexity index is 1240. The molecule has 1 N–H and O–H groups in total. The molecule has 1 aliphatic heterocycles. The molecule has 0 saturated carbocycles. The number of aryl methyl sites for hydroxylation is 1. The number of nitro benzene ring substituents is 1. The fraction of sp³-hybridized carbons (Fsp3) is 0.231. The van der Waals surface area contributed by atoms with Gasteiger partial charge >= 0.3 is 0 Å². The zero-order valence-corrected chi connectivity index (χ0v) is 19.9. The topological polar surface area (TPSA) is 95.8 Å². The molecule has 4 rings (SSSR count). The molecule has 1 aliphatic rings. The minimum absolute atomic E-state index is 0.108. The molecule has 1 atom stereocenters. The van der Waals surface area contributed by atoms with Crippen LogP contribution in [0.1, 0.15) is 27.5 Å². The van der Waals surface area contributed by atoms with Crippen LogP contribution in [0, 0.1) is 17.0 Å². The zero-order chi connectivity index (χ0) is 24.9. The summed E-state index contributed by atoms with van der Waals surface area (Å²) in [6.07, 6.45) is 0. The van der Waals surface area contributed by atoms with Crippen LogP contribution in [0.2, 0.25) is 5.02 Å². The summed E-state index contributed by atoms with van der Waals surface area (Å²) in [5, 5.41) is 14.8. The first-order valence-corrected chi connectivity index (χ1v) is 11.6. The Hall–Kier alpha value is -3.75. The van der Waals surface area contributed by atoms with Crippen LogP contribution < -0.4 is 5.32 Å². The van der Waals surface area contributed by atoms with Gasteiger partial charge in [0.05, 0.1) is 4.92 Å². The number of anilines is 1. The number of nitro groups is 1. The summed E-state index contributed by atoms with van der Waals surface area (Å²) >= 11 is 6.04. The van der Waals surface area contributed by atoms with Crippen LogP contribution >= 0.6 is 11.6 Å². The van der Waals surface area contributed by atoms with Crippen molar-refractivity contribution >= 4 is 34.8 Å². The van der Waals surface area contributed by atoms with Gasteiger partial charge in [0.1, 0.15) is 11.7 Å². The summed E-state index contributed by atoms with van der Waals surface area (Å²) in [5.41, 5.74) is 2.03. The minimum Gasteiger partial charge on any atom is -0.336 e. The number of carbonyl (C=O) groups excluding carboxylic acids is 2. The number of halogens is 1. The average molecular weight is 493 g/mol. The Morgan fingerprint density at radius 2 is 1.69 bits per heavy atom. The quantitative estimate of drug-likeness (QED) is 0.397. The maximum atomic E-state index is 13.5. The predicted molar refractivity (Wildman–Crippen MR) is 135 cm³/mol. The Morgan fingerprint density at radius 3 is 2.34 bits per heavy atom. The number of rotatable bonds is 6. The van der Waals surface area contributed by atoms with Gasteiger partial charge < -0.3 is 10.2 Å². The largest absolute Gasteiger partial charge is 0.336 e. The number of hydrogen-bond acceptors (Lipinski definition) is 5. The molecule has 1 heterocycles. The van der Waals surface area contributed by atoms with Crippen molar-refractivity contribution in [3.63, 3.8) is 0 Å². The Morgan fingerprint density at radius 1 is 0.971 bits per heavy atom. The standard InChI is InChI=1S/C26H25ClN4O4/c1-18-10-11-22(23(16-18)31(34)35)28-25(32)24(19-6-3-2-4-7-19)29-12-14-30(15-13-29)26(33)20-8-5-9-21(27)17-20/h2-11,16-17,24H,12-15H2,1H3,(H,28,32). The average Bonchev–Trinajstić information content (AvgIpc) is 2.86. The molecule has 1 fully saturated rings. The van der Waals surface area contributed by atoms with E-state index >= 15 is 0 Å². The molecule has 3 aromatic rings. The van der Waals surface area contributed by atoms with Gasteiger partial charge in [0.25, 0.3) is 11.6 Å². The fourth-order valence-electron chi connectivity index (χ4n) is 4.25. The fourth-order valence-corrected chi connectivity index (χ4v) is 4.44. The number of piperazine rings is 1. The van der Waals surface area contributed by atoms with E-state index in [1.165, 1.54) is 6.07 Å². The second kappa shape index (κ2) is 10.7. The van der Waals surface area contributed by atoms with Crippen LogP contribution in [0.4, 0.5) is 11.4 Å². The highest BCUT2D eigenvalue weighted by molar-refractivity contribution is 6.30. The van der Waals surface area contributed by atoms with E-state index in [0.29, 0.717) is 36.8 Å². The molecule has 0 bridgehead atoms. The highest BCUT2D eigenvalue weighted by Crippen LogP contribution is 2.29. The third-order valence-electron chi connectivity index (χ3n) is 6.01. The molecule has 35 heavy (non-hydrogen) atoms. The lowest BCUT2D eigenvalue weighted by molar-refractivity contribution is -0.384. The number of amides is 2. The second-order valence-electron chi connectivity index (χ2n) is 8.42. The van der Waals surface area contributed by atoms with E-state index in [-0.39, 0.29) is 23.2 Å². The summed E-state index contributed by atoms with van der Waals surface area (Å²) in [6, 6.07) is 20.2. The number of nitrogens with one attached hydrogen (secondary N) is 1. The van der Waals surface area contributed by atoms with Gasteiger partial charge in [-0.3, -0.25) is 24.6 Å². The third-order valence-corrected chi connectivity index (χ3v) is 6.24. The van der Waals surface area contributed by atoms with Gasteiger partial charge in [-0.25, -0.2) is 0 Å². The summed E-state index contributed by atoms with van der Waals surface area (Å²) in [4.78, 5) is 41.2. The van der Waals surface area contributed by atoms with Crippen LogP contribution in [0.5, 0.6) is 0 Å². The molecular formula is C26H25ClN4O4. The van der Waals surface area contributed by atoms with Crippen molar-refractivity contribution in [2.45, 2.75) is 13.0 Å². The van der Waals surface area contributed by atoms with E-state index in [0.717, 1.165) is 11.1 Å². The molecule has 1 unspecified atom stereocenters. The monoisotopic (exact) mass is 492 g/mol. The van der Waals surface area contributed by atoms with Crippen molar-refractivity contribution in [3.8, 4) is 0 Å². The van der Waals surface area contributed by atoms with Crippen LogP contribution in [-0.4, -0.2) is 52.7 Å². The zero-order valence-electron chi connectivity index (χ0n) is 19.2. The summed E-state index contributed by atoms with van der Waals surface area (Å²) < 4.78 is 0. The van der Waals surface area contributed by atoms with Gasteiger partial charge in [-0.05, 0) is 42.3 Å². The lowest BCUT2D eigenvalue weighted by Crippen LogP contribution is -2.51. The van der Waals surface area contributed by atoms with Gasteiger partial charge in [-0.1, -0.05) is 54.1 Å². The summed E-state index contributed by atoms with van der Waals surface area (Å²) in [5.74, 6) is -0.471. The van der Waals surface area contributed by atoms with Crippen molar-refractivity contribution in [2.24, 2.45) is 0 Å². The van der Waals surface area contributed by atoms with Crippen molar-refractivity contribution in [3.05, 3.63) is 105 Å². The number of hydrogen-bond donors (Lipinski definition) is 1. The first-order valence-electron chi connectivity index (χ1n) is 11.2. The van der Waals surface area contributed by atoms with Crippen molar-refractivity contribution in [1.82, 2.24) is 9.80 Å². The Labute approximate surface area is 208 Å². The van der Waals surface area contributed by atoms with Crippen LogP contribution in [-0.2, 0) is 4.79 Å². The molecule has 2 amide bonds. The molecule has 180 valence electrons. The molecule has 8 nitrogen and oxygen atoms in total. The van der Waals surface area contributed by atoms with Crippen LogP contribution in [0.3, 0.4) is 0 Å². The van der Waals surface area contributed by atoms with Crippen molar-refractivity contribution < 1.29 is 14.5 Å². The van der Waals surface area contributed by atoms with Crippen LogP contribution in [0.25, 0.3) is 0 Å². The van der Waals surface area contributed by atoms with Crippen molar-refractivity contribution in [1.29, 1.82) is 0 Å². The molecule has 0 radical (unpaired) electrons. The van der Waals surface area contributed by atoms with E-state index in [2.05, 4.69) is 5.32 Å². The van der Waals surface area contributed by atoms with Crippen molar-refractivity contribution in [2.75, 3.05) is 31.5 Å². The number of benzene rings is 3. The van der Waals surface area contributed by atoms with E-state index in [9.17, 15) is 19.7 Å². The Kier molecular flexibility index (Phi) is 7.43. The number of carbonyl (C=O) groups is 2. The maximum Gasteiger partial charge on any atom is 0.293 e. The van der Waals surface area contributed by atoms with E-state index in [1.807, 2.05) is 35.2 Å².